The van der Waals surface area contributed by atoms with Crippen LogP contribution >= 0.6 is 27.3 Å². The van der Waals surface area contributed by atoms with E-state index in [9.17, 15) is 4.79 Å². The van der Waals surface area contributed by atoms with Gasteiger partial charge in [-0.2, -0.15) is 0 Å². The third-order valence-corrected chi connectivity index (χ3v) is 5.54. The molecule has 0 radical (unpaired) electrons. The van der Waals surface area contributed by atoms with Gasteiger partial charge in [-0.3, -0.25) is 0 Å². The highest BCUT2D eigenvalue weighted by Gasteiger charge is 2.45. The summed E-state index contributed by atoms with van der Waals surface area (Å²) in [5, 5.41) is 2.72. The van der Waals surface area contributed by atoms with Gasteiger partial charge in [0.05, 0.1) is 11.9 Å². The molecule has 15 heavy (non-hydrogen) atoms. The lowest BCUT2D eigenvalue weighted by Crippen LogP contribution is -2.05. The first-order valence-corrected chi connectivity index (χ1v) is 6.54. The maximum absolute atomic E-state index is 11.2. The highest BCUT2D eigenvalue weighted by molar-refractivity contribution is 9.09. The lowest BCUT2D eigenvalue weighted by molar-refractivity contribution is 0.0594. The van der Waals surface area contributed by atoms with Gasteiger partial charge in [0, 0.05) is 5.38 Å². The molecule has 0 saturated heterocycles. The maximum atomic E-state index is 11.2. The number of esters is 1. The van der Waals surface area contributed by atoms with E-state index in [1.807, 2.05) is 0 Å². The molecule has 1 aliphatic rings. The van der Waals surface area contributed by atoms with Crippen molar-refractivity contribution in [1.82, 2.24) is 4.98 Å². The average Bonchev–Trinajstić information content (AvgIpc) is 2.83. The quantitative estimate of drug-likeness (QED) is 0.634. The van der Waals surface area contributed by atoms with Crippen LogP contribution in [0.1, 0.15) is 40.1 Å². The summed E-state index contributed by atoms with van der Waals surface area (Å²) in [6.45, 7) is 2.23. The fourth-order valence-electron chi connectivity index (χ4n) is 1.35. The van der Waals surface area contributed by atoms with Crippen molar-refractivity contribution in [1.29, 1.82) is 0 Å². The van der Waals surface area contributed by atoms with Gasteiger partial charge in [-0.25, -0.2) is 9.78 Å². The standard InChI is InChI=1S/C10H12BrNO2S/c1-10(3-4-10)7(11)8-12-6(5-15-8)9(13)14-2/h5,7H,3-4H2,1-2H3. The van der Waals surface area contributed by atoms with Gasteiger partial charge < -0.3 is 4.74 Å². The van der Waals surface area contributed by atoms with Gasteiger partial charge in [0.2, 0.25) is 0 Å². The van der Waals surface area contributed by atoms with Crippen LogP contribution < -0.4 is 0 Å². The summed E-state index contributed by atoms with van der Waals surface area (Å²) in [6, 6.07) is 0. The number of rotatable bonds is 3. The van der Waals surface area contributed by atoms with E-state index in [1.54, 1.807) is 5.38 Å². The van der Waals surface area contributed by atoms with Crippen molar-refractivity contribution < 1.29 is 9.53 Å². The van der Waals surface area contributed by atoms with Crippen molar-refractivity contribution in [2.75, 3.05) is 7.11 Å². The molecule has 0 amide bonds. The van der Waals surface area contributed by atoms with Crippen LogP contribution in [0.5, 0.6) is 0 Å². The van der Waals surface area contributed by atoms with Crippen molar-refractivity contribution in [3.63, 3.8) is 0 Å². The molecule has 1 aliphatic carbocycles. The van der Waals surface area contributed by atoms with Crippen LogP contribution in [0.4, 0.5) is 0 Å². The fourth-order valence-corrected chi connectivity index (χ4v) is 3.17. The Hall–Kier alpha value is -0.420. The molecule has 2 rings (SSSR count). The highest BCUT2D eigenvalue weighted by atomic mass is 79.9. The number of hydrogen-bond donors (Lipinski definition) is 0. The zero-order valence-corrected chi connectivity index (χ0v) is 11.0. The van der Waals surface area contributed by atoms with Crippen LogP contribution in [0.15, 0.2) is 5.38 Å². The van der Waals surface area contributed by atoms with Gasteiger partial charge in [-0.1, -0.05) is 22.9 Å². The Morgan fingerprint density at radius 2 is 2.40 bits per heavy atom. The smallest absolute Gasteiger partial charge is 0.357 e. The predicted octanol–water partition coefficient (Wildman–Crippen LogP) is 3.17. The van der Waals surface area contributed by atoms with E-state index in [4.69, 9.17) is 0 Å². The lowest BCUT2D eigenvalue weighted by Gasteiger charge is -2.13. The van der Waals surface area contributed by atoms with Crippen LogP contribution in [0.3, 0.4) is 0 Å². The van der Waals surface area contributed by atoms with E-state index in [1.165, 1.54) is 31.3 Å². The molecule has 1 atom stereocenters. The number of halogens is 1. The predicted molar refractivity (Wildman–Crippen MR) is 62.5 cm³/mol. The Labute approximate surface area is 101 Å². The van der Waals surface area contributed by atoms with Crippen molar-refractivity contribution in [2.45, 2.75) is 24.6 Å². The van der Waals surface area contributed by atoms with E-state index < -0.39 is 0 Å². The van der Waals surface area contributed by atoms with Crippen molar-refractivity contribution in [3.05, 3.63) is 16.1 Å². The lowest BCUT2D eigenvalue weighted by atomic mass is 10.1. The summed E-state index contributed by atoms with van der Waals surface area (Å²) in [6.07, 6.45) is 2.44. The van der Waals surface area contributed by atoms with E-state index in [0.29, 0.717) is 11.1 Å². The number of methoxy groups -OCH3 is 1. The van der Waals surface area contributed by atoms with Crippen LogP contribution in [0, 0.1) is 5.41 Å². The van der Waals surface area contributed by atoms with E-state index in [-0.39, 0.29) is 10.8 Å². The molecule has 1 fully saturated rings. The number of carbonyl (C=O) groups is 1. The van der Waals surface area contributed by atoms with E-state index >= 15 is 0 Å². The summed E-state index contributed by atoms with van der Waals surface area (Å²) in [4.78, 5) is 15.8. The van der Waals surface area contributed by atoms with Crippen molar-refractivity contribution in [2.24, 2.45) is 5.41 Å². The minimum atomic E-state index is -0.363. The topological polar surface area (TPSA) is 39.2 Å². The molecule has 0 spiro atoms. The Bertz CT molecular complexity index is 387. The molecule has 0 bridgehead atoms. The molecule has 1 saturated carbocycles. The van der Waals surface area contributed by atoms with Gasteiger partial charge in [-0.15, -0.1) is 11.3 Å². The Morgan fingerprint density at radius 3 is 2.93 bits per heavy atom. The monoisotopic (exact) mass is 289 g/mol. The van der Waals surface area contributed by atoms with Gasteiger partial charge in [-0.05, 0) is 18.3 Å². The van der Waals surface area contributed by atoms with Gasteiger partial charge in [0.25, 0.3) is 0 Å². The number of aromatic nitrogens is 1. The molecule has 3 nitrogen and oxygen atoms in total. The Morgan fingerprint density at radius 1 is 1.73 bits per heavy atom. The van der Waals surface area contributed by atoms with Gasteiger partial charge in [0.15, 0.2) is 5.69 Å². The summed E-state index contributed by atoms with van der Waals surface area (Å²) in [5.41, 5.74) is 0.733. The van der Waals surface area contributed by atoms with E-state index in [2.05, 4.69) is 32.6 Å². The third-order valence-electron chi connectivity index (χ3n) is 2.78. The molecule has 1 unspecified atom stereocenters. The molecular weight excluding hydrogens is 278 g/mol. The SMILES string of the molecule is COC(=O)c1csc(C(Br)C2(C)CC2)n1. The van der Waals surface area contributed by atoms with Crippen LogP contribution in [0.25, 0.3) is 0 Å². The number of thiazole rings is 1. The maximum Gasteiger partial charge on any atom is 0.357 e. The number of carbonyl (C=O) groups excluding carboxylic acids is 1. The zero-order chi connectivity index (χ0) is 11.1. The highest BCUT2D eigenvalue weighted by Crippen LogP contribution is 2.58. The first-order valence-electron chi connectivity index (χ1n) is 4.74. The minimum Gasteiger partial charge on any atom is -0.464 e. The number of hydrogen-bond acceptors (Lipinski definition) is 4. The summed E-state index contributed by atoms with van der Waals surface area (Å²) >= 11 is 5.16. The zero-order valence-electron chi connectivity index (χ0n) is 8.62. The van der Waals surface area contributed by atoms with Crippen LogP contribution in [0.2, 0.25) is 0 Å². The van der Waals surface area contributed by atoms with Crippen molar-refractivity contribution >= 4 is 33.2 Å². The van der Waals surface area contributed by atoms with Crippen molar-refractivity contribution in [3.8, 4) is 0 Å². The summed E-state index contributed by atoms with van der Waals surface area (Å²) in [5.74, 6) is -0.363. The number of alkyl halides is 1. The third kappa shape index (κ3) is 2.08. The normalized spacial score (nSPS) is 19.7. The molecular formula is C10H12BrNO2S. The second-order valence-corrected chi connectivity index (χ2v) is 5.88. The molecule has 1 heterocycles. The molecule has 0 aromatic carbocycles. The first kappa shape index (κ1) is 11.1. The number of nitrogens with zero attached hydrogens (tertiary/aromatic N) is 1. The second-order valence-electron chi connectivity index (χ2n) is 4.08. The summed E-state index contributed by atoms with van der Waals surface area (Å²) in [7, 11) is 1.37. The minimum absolute atomic E-state index is 0.258. The van der Waals surface area contributed by atoms with Gasteiger partial charge >= 0.3 is 5.97 Å². The Balaban J connectivity index is 2.16. The molecule has 1 aromatic rings. The first-order chi connectivity index (χ1) is 7.07. The molecule has 0 N–H and O–H groups in total. The van der Waals surface area contributed by atoms with Crippen LogP contribution in [-0.4, -0.2) is 18.1 Å². The molecule has 0 aliphatic heterocycles. The average molecular weight is 290 g/mol. The molecule has 5 heteroatoms. The number of ether oxygens (including phenoxy) is 1. The fraction of sp³-hybridized carbons (Fsp3) is 0.600. The molecule has 1 aromatic heterocycles. The second kappa shape index (κ2) is 3.87. The summed E-state index contributed by atoms with van der Waals surface area (Å²) < 4.78 is 4.62. The Kier molecular flexibility index (Phi) is 2.85. The van der Waals surface area contributed by atoms with Gasteiger partial charge in [0.1, 0.15) is 5.01 Å². The van der Waals surface area contributed by atoms with Crippen LogP contribution in [-0.2, 0) is 4.74 Å². The largest absolute Gasteiger partial charge is 0.464 e. The van der Waals surface area contributed by atoms with E-state index in [0.717, 1.165) is 5.01 Å². The molecule has 82 valence electrons.